The zero-order chi connectivity index (χ0) is 16.7. The second-order valence-electron chi connectivity index (χ2n) is 5.14. The number of unbranched alkanes of at least 4 members (excludes halogenated alkanes) is 2. The van der Waals surface area contributed by atoms with Gasteiger partial charge in [0.25, 0.3) is 0 Å². The van der Waals surface area contributed by atoms with Crippen LogP contribution in [-0.2, 0) is 4.74 Å². The molecule has 0 aliphatic carbocycles. The molecule has 2 N–H and O–H groups in total. The predicted octanol–water partition coefficient (Wildman–Crippen LogP) is 3.75. The molecule has 0 fully saturated rings. The molecule has 0 amide bonds. The fourth-order valence-electron chi connectivity index (χ4n) is 2.35. The van der Waals surface area contributed by atoms with E-state index in [-0.39, 0.29) is 12.6 Å². The van der Waals surface area contributed by atoms with E-state index in [4.69, 9.17) is 9.84 Å². The molecule has 2 aromatic rings. The number of nitrogens with zero attached hydrogens (tertiary/aromatic N) is 1. The first-order valence-corrected chi connectivity index (χ1v) is 8.56. The van der Waals surface area contributed by atoms with Crippen molar-refractivity contribution in [1.29, 1.82) is 0 Å². The monoisotopic (exact) mass is 380 g/mol. The lowest BCUT2D eigenvalue weighted by molar-refractivity contribution is 0.0527. The van der Waals surface area contributed by atoms with E-state index in [0.717, 1.165) is 46.9 Å². The molecule has 0 saturated carbocycles. The van der Waals surface area contributed by atoms with Crippen LogP contribution in [-0.4, -0.2) is 35.8 Å². The maximum atomic E-state index is 12.2. The van der Waals surface area contributed by atoms with Gasteiger partial charge in [-0.1, -0.05) is 15.9 Å². The number of rotatable bonds is 8. The van der Waals surface area contributed by atoms with Crippen LogP contribution in [0, 0.1) is 0 Å². The molecule has 1 heterocycles. The number of pyridine rings is 1. The molecule has 0 radical (unpaired) electrons. The molecule has 0 spiro atoms. The first-order chi connectivity index (χ1) is 11.2. The van der Waals surface area contributed by atoms with E-state index in [9.17, 15) is 4.79 Å². The van der Waals surface area contributed by atoms with Crippen molar-refractivity contribution in [2.75, 3.05) is 25.1 Å². The lowest BCUT2D eigenvalue weighted by atomic mass is 10.1. The first kappa shape index (κ1) is 17.7. The van der Waals surface area contributed by atoms with Crippen LogP contribution in [0.4, 0.5) is 5.69 Å². The van der Waals surface area contributed by atoms with Gasteiger partial charge in [-0.05, 0) is 44.4 Å². The Morgan fingerprint density at radius 1 is 1.35 bits per heavy atom. The molecule has 0 aliphatic heterocycles. The number of nitrogens with one attached hydrogen (secondary N) is 1. The van der Waals surface area contributed by atoms with Crippen molar-refractivity contribution in [3.05, 3.63) is 34.4 Å². The van der Waals surface area contributed by atoms with Crippen molar-refractivity contribution in [3.8, 4) is 0 Å². The fourth-order valence-corrected chi connectivity index (χ4v) is 2.71. The molecule has 124 valence electrons. The summed E-state index contributed by atoms with van der Waals surface area (Å²) in [6, 6.07) is 5.77. The summed E-state index contributed by atoms with van der Waals surface area (Å²) in [7, 11) is 0. The Morgan fingerprint density at radius 2 is 2.17 bits per heavy atom. The number of hydrogen-bond acceptors (Lipinski definition) is 5. The zero-order valence-corrected chi connectivity index (χ0v) is 14.7. The standard InChI is InChI=1S/C17H21BrN2O3/c1-2-23-17(22)14-11-20-15-7-6-12(18)10-13(15)16(14)19-8-4-3-5-9-21/h6-7,10-11,21H,2-5,8-9H2,1H3,(H,19,20). The van der Waals surface area contributed by atoms with E-state index < -0.39 is 0 Å². The molecule has 23 heavy (non-hydrogen) atoms. The number of aliphatic hydroxyl groups excluding tert-OH is 1. The number of hydrogen-bond donors (Lipinski definition) is 2. The summed E-state index contributed by atoms with van der Waals surface area (Å²) in [5, 5.41) is 13.1. The Morgan fingerprint density at radius 3 is 2.91 bits per heavy atom. The van der Waals surface area contributed by atoms with Crippen molar-refractivity contribution in [2.24, 2.45) is 0 Å². The first-order valence-electron chi connectivity index (χ1n) is 7.77. The molecule has 0 saturated heterocycles. The molecule has 2 rings (SSSR count). The van der Waals surface area contributed by atoms with Crippen LogP contribution in [0.5, 0.6) is 0 Å². The third-order valence-corrected chi connectivity index (χ3v) is 3.96. The van der Waals surface area contributed by atoms with Gasteiger partial charge in [-0.3, -0.25) is 4.98 Å². The molecule has 0 atom stereocenters. The van der Waals surface area contributed by atoms with Crippen molar-refractivity contribution in [2.45, 2.75) is 26.2 Å². The van der Waals surface area contributed by atoms with Crippen molar-refractivity contribution in [1.82, 2.24) is 4.98 Å². The minimum Gasteiger partial charge on any atom is -0.462 e. The number of fused-ring (bicyclic) bond motifs is 1. The molecular formula is C17H21BrN2O3. The number of carbonyl (C=O) groups excluding carboxylic acids is 1. The predicted molar refractivity (Wildman–Crippen MR) is 94.8 cm³/mol. The van der Waals surface area contributed by atoms with Crippen LogP contribution in [0.1, 0.15) is 36.5 Å². The fraction of sp³-hybridized carbons (Fsp3) is 0.412. The van der Waals surface area contributed by atoms with Gasteiger partial charge in [0.15, 0.2) is 0 Å². The van der Waals surface area contributed by atoms with Gasteiger partial charge >= 0.3 is 5.97 Å². The van der Waals surface area contributed by atoms with Crippen LogP contribution in [0.15, 0.2) is 28.9 Å². The van der Waals surface area contributed by atoms with Crippen LogP contribution in [0.2, 0.25) is 0 Å². The van der Waals surface area contributed by atoms with Crippen LogP contribution >= 0.6 is 15.9 Å². The van der Waals surface area contributed by atoms with Crippen molar-refractivity contribution < 1.29 is 14.6 Å². The smallest absolute Gasteiger partial charge is 0.341 e. The third kappa shape index (κ3) is 4.65. The molecule has 0 aliphatic rings. The Kier molecular flexibility index (Phi) is 6.80. The van der Waals surface area contributed by atoms with Gasteiger partial charge < -0.3 is 15.2 Å². The maximum absolute atomic E-state index is 12.2. The molecule has 0 unspecified atom stereocenters. The Balaban J connectivity index is 2.32. The van der Waals surface area contributed by atoms with E-state index in [2.05, 4.69) is 26.2 Å². The number of esters is 1. The van der Waals surface area contributed by atoms with Gasteiger partial charge in [-0.25, -0.2) is 4.79 Å². The van der Waals surface area contributed by atoms with E-state index in [1.807, 2.05) is 18.2 Å². The number of aromatic nitrogens is 1. The summed E-state index contributed by atoms with van der Waals surface area (Å²) in [6.45, 7) is 3.04. The quantitative estimate of drug-likeness (QED) is 0.538. The van der Waals surface area contributed by atoms with Gasteiger partial charge in [0.2, 0.25) is 0 Å². The van der Waals surface area contributed by atoms with Gasteiger partial charge in [-0.2, -0.15) is 0 Å². The number of aliphatic hydroxyl groups is 1. The number of ether oxygens (including phenoxy) is 1. The summed E-state index contributed by atoms with van der Waals surface area (Å²) in [5.74, 6) is -0.375. The average molecular weight is 381 g/mol. The minimum absolute atomic E-state index is 0.208. The summed E-state index contributed by atoms with van der Waals surface area (Å²) >= 11 is 3.46. The van der Waals surface area contributed by atoms with Crippen molar-refractivity contribution in [3.63, 3.8) is 0 Å². The zero-order valence-electron chi connectivity index (χ0n) is 13.1. The lowest BCUT2D eigenvalue weighted by Crippen LogP contribution is -2.12. The summed E-state index contributed by atoms with van der Waals surface area (Å²) in [4.78, 5) is 16.5. The number of halogens is 1. The molecular weight excluding hydrogens is 360 g/mol. The van der Waals surface area contributed by atoms with E-state index in [1.165, 1.54) is 0 Å². The van der Waals surface area contributed by atoms with Gasteiger partial charge in [0.1, 0.15) is 5.56 Å². The SMILES string of the molecule is CCOC(=O)c1cnc2ccc(Br)cc2c1NCCCCCO. The van der Waals surface area contributed by atoms with Gasteiger partial charge in [0, 0.05) is 29.2 Å². The van der Waals surface area contributed by atoms with E-state index in [0.29, 0.717) is 12.2 Å². The number of benzene rings is 1. The molecule has 5 nitrogen and oxygen atoms in total. The van der Waals surface area contributed by atoms with Crippen LogP contribution in [0.25, 0.3) is 10.9 Å². The van der Waals surface area contributed by atoms with Gasteiger partial charge in [-0.15, -0.1) is 0 Å². The highest BCUT2D eigenvalue weighted by Crippen LogP contribution is 2.29. The second kappa shape index (κ2) is 8.84. The third-order valence-electron chi connectivity index (χ3n) is 3.46. The van der Waals surface area contributed by atoms with Gasteiger partial charge in [0.05, 0.1) is 17.8 Å². The van der Waals surface area contributed by atoms with E-state index in [1.54, 1.807) is 13.1 Å². The number of carbonyl (C=O) groups is 1. The highest BCUT2D eigenvalue weighted by Gasteiger charge is 2.16. The van der Waals surface area contributed by atoms with Crippen LogP contribution in [0.3, 0.4) is 0 Å². The Hall–Kier alpha value is -1.66. The highest BCUT2D eigenvalue weighted by molar-refractivity contribution is 9.10. The average Bonchev–Trinajstić information content (AvgIpc) is 2.54. The normalized spacial score (nSPS) is 10.7. The minimum atomic E-state index is -0.375. The Bertz CT molecular complexity index is 676. The topological polar surface area (TPSA) is 71.5 Å². The molecule has 0 bridgehead atoms. The molecule has 1 aromatic heterocycles. The summed E-state index contributed by atoms with van der Waals surface area (Å²) in [6.07, 6.45) is 4.20. The summed E-state index contributed by atoms with van der Waals surface area (Å²) in [5.41, 5.74) is 2.01. The lowest BCUT2D eigenvalue weighted by Gasteiger charge is -2.14. The van der Waals surface area contributed by atoms with Crippen LogP contribution < -0.4 is 5.32 Å². The Labute approximate surface area is 144 Å². The van der Waals surface area contributed by atoms with Crippen molar-refractivity contribution >= 4 is 38.5 Å². The highest BCUT2D eigenvalue weighted by atomic mass is 79.9. The molecule has 6 heteroatoms. The summed E-state index contributed by atoms with van der Waals surface area (Å²) < 4.78 is 6.06. The van der Waals surface area contributed by atoms with E-state index >= 15 is 0 Å². The second-order valence-corrected chi connectivity index (χ2v) is 6.06. The maximum Gasteiger partial charge on any atom is 0.341 e. The molecule has 1 aromatic carbocycles. The largest absolute Gasteiger partial charge is 0.462 e. The number of anilines is 1.